The molecule has 0 radical (unpaired) electrons. The zero-order valence-corrected chi connectivity index (χ0v) is 12.7. The number of thiol groups is 2. The van der Waals surface area contributed by atoms with Crippen LogP contribution in [0.3, 0.4) is 0 Å². The minimum atomic E-state index is -0.414. The van der Waals surface area contributed by atoms with Crippen LogP contribution in [0.5, 0.6) is 0 Å². The Morgan fingerprint density at radius 2 is 2.32 bits per heavy atom. The van der Waals surface area contributed by atoms with Crippen LogP contribution in [-0.4, -0.2) is 61.9 Å². The molecule has 110 valence electrons. The lowest BCUT2D eigenvalue weighted by Gasteiger charge is -2.23. The quantitative estimate of drug-likeness (QED) is 0.249. The van der Waals surface area contributed by atoms with Crippen molar-refractivity contribution in [3.8, 4) is 0 Å². The highest BCUT2D eigenvalue weighted by molar-refractivity contribution is 7.94. The molecule has 0 aromatic rings. The summed E-state index contributed by atoms with van der Waals surface area (Å²) in [4.78, 5) is 24.0. The van der Waals surface area contributed by atoms with Crippen molar-refractivity contribution >= 4 is 41.1 Å². The van der Waals surface area contributed by atoms with E-state index in [0.29, 0.717) is 30.5 Å². The summed E-state index contributed by atoms with van der Waals surface area (Å²) in [5.41, 5.74) is 0. The van der Waals surface area contributed by atoms with Crippen molar-refractivity contribution in [1.29, 1.82) is 0 Å². The number of hydrogen-bond acceptors (Lipinski definition) is 6. The number of nitrogens with one attached hydrogen (secondary N) is 4. The van der Waals surface area contributed by atoms with Gasteiger partial charge in [-0.2, -0.15) is 12.6 Å². The smallest absolute Gasteiger partial charge is 0.239 e. The monoisotopic (exact) mass is 308 g/mol. The van der Waals surface area contributed by atoms with Crippen molar-refractivity contribution in [2.45, 2.75) is 12.1 Å². The molecule has 9 heteroatoms. The average molecular weight is 308 g/mol. The zero-order chi connectivity index (χ0) is 14.3. The van der Waals surface area contributed by atoms with Crippen LogP contribution in [-0.2, 0) is 13.8 Å². The van der Waals surface area contributed by atoms with E-state index < -0.39 is 6.04 Å². The van der Waals surface area contributed by atoms with Crippen LogP contribution in [0.2, 0.25) is 0 Å². The Balaban J connectivity index is 2.43. The summed E-state index contributed by atoms with van der Waals surface area (Å²) in [6, 6.07) is -0.747. The first-order valence-corrected chi connectivity index (χ1v) is 7.29. The van der Waals surface area contributed by atoms with Crippen molar-refractivity contribution in [1.82, 2.24) is 21.3 Å². The standard InChI is InChI=1S/C10H20N4O3S2/c1-11-7(5-18)10(16)13-3-8-14-6(4-17-19-8)9(15)12-2/h6-7,11,14,18-19H,3-5H2,1-2H3,(H,12,15)(H,13,16). The molecule has 0 saturated carbocycles. The molecule has 0 saturated heterocycles. The molecular formula is C10H20N4O3S2. The van der Waals surface area contributed by atoms with E-state index in [9.17, 15) is 9.59 Å². The maximum Gasteiger partial charge on any atom is 0.239 e. The van der Waals surface area contributed by atoms with Gasteiger partial charge in [0.2, 0.25) is 11.8 Å². The van der Waals surface area contributed by atoms with Gasteiger partial charge in [0.25, 0.3) is 0 Å². The molecule has 0 fully saturated rings. The fourth-order valence-electron chi connectivity index (χ4n) is 1.46. The molecule has 2 unspecified atom stereocenters. The van der Waals surface area contributed by atoms with Crippen LogP contribution in [0.4, 0.5) is 0 Å². The third kappa shape index (κ3) is 5.11. The Bertz CT molecular complexity index is 361. The lowest BCUT2D eigenvalue weighted by atomic mass is 10.3. The van der Waals surface area contributed by atoms with Gasteiger partial charge >= 0.3 is 0 Å². The summed E-state index contributed by atoms with van der Waals surface area (Å²) in [5, 5.41) is 11.2. The molecule has 4 N–H and O–H groups in total. The summed E-state index contributed by atoms with van der Waals surface area (Å²) in [7, 11) is 3.28. The lowest BCUT2D eigenvalue weighted by Crippen LogP contribution is -2.53. The van der Waals surface area contributed by atoms with Crippen molar-refractivity contribution in [3.63, 3.8) is 0 Å². The zero-order valence-electron chi connectivity index (χ0n) is 10.9. The van der Waals surface area contributed by atoms with E-state index in [0.717, 1.165) is 4.99 Å². The van der Waals surface area contributed by atoms with E-state index in [1.54, 1.807) is 14.1 Å². The SMILES string of the molecule is CNC(=O)C1CO[SH]=C(CNC(=O)C(CS)NC)N1. The van der Waals surface area contributed by atoms with Gasteiger partial charge in [-0.25, -0.2) is 0 Å². The Kier molecular flexibility index (Phi) is 7.39. The number of likely N-dealkylation sites (N-methyl/N-ethyl adjacent to an activating group) is 2. The molecule has 0 spiro atoms. The van der Waals surface area contributed by atoms with Crippen molar-refractivity contribution in [2.75, 3.05) is 33.0 Å². The van der Waals surface area contributed by atoms with Crippen LogP contribution in [0.25, 0.3) is 0 Å². The highest BCUT2D eigenvalue weighted by Crippen LogP contribution is 2.03. The Labute approximate surface area is 121 Å². The average Bonchev–Trinajstić information content (AvgIpc) is 2.45. The number of amides is 2. The molecule has 19 heavy (non-hydrogen) atoms. The third-order valence-electron chi connectivity index (χ3n) is 2.60. The Hall–Kier alpha value is -0.610. The van der Waals surface area contributed by atoms with Gasteiger partial charge in [0, 0.05) is 12.8 Å². The number of carbonyl (C=O) groups excluding carboxylic acids is 2. The van der Waals surface area contributed by atoms with Gasteiger partial charge in [-0.15, -0.1) is 0 Å². The molecule has 0 aliphatic carbocycles. The fraction of sp³-hybridized carbons (Fsp3) is 0.700. The van der Waals surface area contributed by atoms with Crippen LogP contribution in [0.15, 0.2) is 0 Å². The number of carbonyl (C=O) groups is 2. The molecule has 0 aromatic heterocycles. The molecule has 0 bridgehead atoms. The summed E-state index contributed by atoms with van der Waals surface area (Å²) in [6.07, 6.45) is 0. The molecule has 2 amide bonds. The maximum absolute atomic E-state index is 11.7. The van der Waals surface area contributed by atoms with E-state index in [1.165, 1.54) is 0 Å². The normalized spacial score (nSPS) is 20.8. The molecular weight excluding hydrogens is 288 g/mol. The number of rotatable bonds is 6. The second-order valence-electron chi connectivity index (χ2n) is 3.89. The van der Waals surface area contributed by atoms with Gasteiger partial charge in [-0.05, 0) is 7.05 Å². The second kappa shape index (κ2) is 8.54. The Morgan fingerprint density at radius 3 is 2.89 bits per heavy atom. The number of hydrogen-bond donors (Lipinski definition) is 6. The molecule has 1 aliphatic heterocycles. The van der Waals surface area contributed by atoms with Crippen LogP contribution >= 0.6 is 24.3 Å². The highest BCUT2D eigenvalue weighted by Gasteiger charge is 2.22. The first kappa shape index (κ1) is 16.4. The van der Waals surface area contributed by atoms with Gasteiger partial charge in [-0.3, -0.25) is 14.9 Å². The van der Waals surface area contributed by atoms with Crippen molar-refractivity contribution < 1.29 is 13.8 Å². The molecule has 2 atom stereocenters. The predicted molar refractivity (Wildman–Crippen MR) is 80.6 cm³/mol. The summed E-state index contributed by atoms with van der Waals surface area (Å²) >= 11 is 4.72. The second-order valence-corrected chi connectivity index (χ2v) is 5.23. The topological polar surface area (TPSA) is 91.5 Å². The van der Waals surface area contributed by atoms with Crippen LogP contribution in [0.1, 0.15) is 0 Å². The minimum absolute atomic E-state index is 0.135. The van der Waals surface area contributed by atoms with E-state index in [1.807, 2.05) is 0 Å². The minimum Gasteiger partial charge on any atom is -0.358 e. The molecule has 0 aromatic carbocycles. The van der Waals surface area contributed by atoms with E-state index in [2.05, 4.69) is 33.9 Å². The van der Waals surface area contributed by atoms with Crippen LogP contribution < -0.4 is 21.3 Å². The van der Waals surface area contributed by atoms with Gasteiger partial charge in [-0.1, -0.05) is 11.6 Å². The summed E-state index contributed by atoms with van der Waals surface area (Å²) < 4.78 is 5.29. The summed E-state index contributed by atoms with van der Waals surface area (Å²) in [5.74, 6) is 0.145. The highest BCUT2D eigenvalue weighted by atomic mass is 32.2. The first-order valence-electron chi connectivity index (χ1n) is 5.85. The van der Waals surface area contributed by atoms with Crippen LogP contribution in [0, 0.1) is 0 Å². The van der Waals surface area contributed by atoms with Gasteiger partial charge in [0.05, 0.1) is 24.2 Å². The van der Waals surface area contributed by atoms with Gasteiger partial charge < -0.3 is 20.1 Å². The van der Waals surface area contributed by atoms with E-state index in [-0.39, 0.29) is 17.9 Å². The van der Waals surface area contributed by atoms with Crippen molar-refractivity contribution in [3.05, 3.63) is 0 Å². The Morgan fingerprint density at radius 1 is 1.58 bits per heavy atom. The largest absolute Gasteiger partial charge is 0.358 e. The van der Waals surface area contributed by atoms with Gasteiger partial charge in [0.15, 0.2) is 0 Å². The lowest BCUT2D eigenvalue weighted by molar-refractivity contribution is -0.123. The molecule has 7 nitrogen and oxygen atoms in total. The van der Waals surface area contributed by atoms with E-state index in [4.69, 9.17) is 4.18 Å². The third-order valence-corrected chi connectivity index (χ3v) is 3.75. The summed E-state index contributed by atoms with van der Waals surface area (Å²) in [6.45, 7) is 0.633. The van der Waals surface area contributed by atoms with E-state index >= 15 is 0 Å². The molecule has 1 aliphatic rings. The van der Waals surface area contributed by atoms with Gasteiger partial charge in [0.1, 0.15) is 6.04 Å². The van der Waals surface area contributed by atoms with Crippen molar-refractivity contribution in [2.24, 2.45) is 0 Å². The molecule has 1 rings (SSSR count). The molecule has 1 heterocycles. The first-order chi connectivity index (χ1) is 9.12. The predicted octanol–water partition coefficient (Wildman–Crippen LogP) is -2.13. The fourth-order valence-corrected chi connectivity index (χ4v) is 2.54. The maximum atomic E-state index is 11.7.